The maximum absolute atomic E-state index is 5.41. The number of aromatic nitrogens is 2. The van der Waals surface area contributed by atoms with Crippen molar-refractivity contribution in [2.45, 2.75) is 12.5 Å². The second-order valence-corrected chi connectivity index (χ2v) is 5.77. The van der Waals surface area contributed by atoms with Gasteiger partial charge in [0, 0.05) is 18.0 Å². The molecule has 1 aromatic carbocycles. The molecule has 0 bridgehead atoms. The van der Waals surface area contributed by atoms with Gasteiger partial charge in [0.2, 0.25) is 0 Å². The highest BCUT2D eigenvalue weighted by Crippen LogP contribution is 2.32. The Labute approximate surface area is 110 Å². The third kappa shape index (κ3) is 2.07. The summed E-state index contributed by atoms with van der Waals surface area (Å²) in [7, 11) is 0. The lowest BCUT2D eigenvalue weighted by molar-refractivity contribution is 0.558. The smallest absolute Gasteiger partial charge is 0.177 e. The molecule has 1 N–H and O–H groups in total. The molecule has 1 saturated heterocycles. The summed E-state index contributed by atoms with van der Waals surface area (Å²) in [6.45, 7) is 0. The molecule has 1 atom stereocenters. The summed E-state index contributed by atoms with van der Waals surface area (Å²) in [5.41, 5.74) is 2.44. The van der Waals surface area contributed by atoms with Gasteiger partial charge >= 0.3 is 0 Å². The van der Waals surface area contributed by atoms with Gasteiger partial charge in [-0.25, -0.2) is 0 Å². The minimum absolute atomic E-state index is 0.550. The van der Waals surface area contributed by atoms with E-state index in [0.717, 1.165) is 4.77 Å². The highest BCUT2D eigenvalue weighted by Gasteiger charge is 2.20. The molecule has 2 heterocycles. The highest BCUT2D eigenvalue weighted by molar-refractivity contribution is 7.99. The summed E-state index contributed by atoms with van der Waals surface area (Å²) in [4.78, 5) is 3.18. The Morgan fingerprint density at radius 1 is 1.29 bits per heavy atom. The summed E-state index contributed by atoms with van der Waals surface area (Å²) in [5, 5.41) is 0. The van der Waals surface area contributed by atoms with Crippen LogP contribution in [0.25, 0.3) is 11.3 Å². The highest BCUT2D eigenvalue weighted by atomic mass is 32.2. The van der Waals surface area contributed by atoms with Gasteiger partial charge < -0.3 is 9.55 Å². The number of benzene rings is 1. The van der Waals surface area contributed by atoms with Gasteiger partial charge in [-0.2, -0.15) is 11.8 Å². The number of thioether (sulfide) groups is 1. The second kappa shape index (κ2) is 4.70. The van der Waals surface area contributed by atoms with E-state index < -0.39 is 0 Å². The fourth-order valence-corrected chi connectivity index (χ4v) is 3.80. The van der Waals surface area contributed by atoms with Gasteiger partial charge in [-0.05, 0) is 30.0 Å². The van der Waals surface area contributed by atoms with Crippen molar-refractivity contribution in [3.8, 4) is 11.3 Å². The third-order valence-corrected chi connectivity index (χ3v) is 4.61. The van der Waals surface area contributed by atoms with E-state index in [0.29, 0.717) is 6.04 Å². The molecule has 2 aromatic rings. The molecule has 1 aromatic heterocycles. The van der Waals surface area contributed by atoms with E-state index in [9.17, 15) is 0 Å². The summed E-state index contributed by atoms with van der Waals surface area (Å²) in [6, 6.07) is 11.0. The van der Waals surface area contributed by atoms with Crippen LogP contribution in [0.2, 0.25) is 0 Å². The number of nitrogens with one attached hydrogen (secondary N) is 1. The summed E-state index contributed by atoms with van der Waals surface area (Å²) >= 11 is 7.42. The summed E-state index contributed by atoms with van der Waals surface area (Å²) in [6.07, 6.45) is 3.25. The molecule has 1 aliphatic rings. The molecule has 1 fully saturated rings. The Balaban J connectivity index is 2.09. The van der Waals surface area contributed by atoms with Crippen LogP contribution in [0.15, 0.2) is 36.5 Å². The van der Waals surface area contributed by atoms with Crippen molar-refractivity contribution in [3.05, 3.63) is 41.3 Å². The molecule has 0 amide bonds. The van der Waals surface area contributed by atoms with Gasteiger partial charge in [0.15, 0.2) is 4.77 Å². The van der Waals surface area contributed by atoms with E-state index >= 15 is 0 Å². The van der Waals surface area contributed by atoms with Crippen molar-refractivity contribution in [1.29, 1.82) is 0 Å². The van der Waals surface area contributed by atoms with Crippen LogP contribution in [0.4, 0.5) is 0 Å². The van der Waals surface area contributed by atoms with Crippen molar-refractivity contribution in [2.24, 2.45) is 0 Å². The minimum atomic E-state index is 0.550. The average Bonchev–Trinajstić information content (AvgIpc) is 2.99. The molecule has 1 aliphatic heterocycles. The van der Waals surface area contributed by atoms with E-state index in [4.69, 9.17) is 12.2 Å². The Kier molecular flexibility index (Phi) is 3.07. The molecule has 17 heavy (non-hydrogen) atoms. The molecule has 4 heteroatoms. The van der Waals surface area contributed by atoms with Gasteiger partial charge in [-0.15, -0.1) is 0 Å². The zero-order chi connectivity index (χ0) is 11.7. The Bertz CT molecular complexity index is 550. The topological polar surface area (TPSA) is 20.7 Å². The minimum Gasteiger partial charge on any atom is -0.337 e. The van der Waals surface area contributed by atoms with Crippen LogP contribution in [0.5, 0.6) is 0 Å². The fourth-order valence-electron chi connectivity index (χ4n) is 2.30. The zero-order valence-corrected chi connectivity index (χ0v) is 11.1. The quantitative estimate of drug-likeness (QED) is 0.829. The van der Waals surface area contributed by atoms with Crippen LogP contribution in [0.3, 0.4) is 0 Å². The summed E-state index contributed by atoms with van der Waals surface area (Å²) in [5.74, 6) is 2.41. The number of hydrogen-bond acceptors (Lipinski definition) is 2. The van der Waals surface area contributed by atoms with Gasteiger partial charge in [0.05, 0.1) is 5.69 Å². The molecule has 0 aliphatic carbocycles. The molecular formula is C13H14N2S2. The molecular weight excluding hydrogens is 248 g/mol. The van der Waals surface area contributed by atoms with Crippen LogP contribution in [0.1, 0.15) is 12.5 Å². The monoisotopic (exact) mass is 262 g/mol. The summed E-state index contributed by atoms with van der Waals surface area (Å²) < 4.78 is 3.13. The lowest BCUT2D eigenvalue weighted by Crippen LogP contribution is -2.09. The molecule has 88 valence electrons. The third-order valence-electron chi connectivity index (χ3n) is 3.15. The van der Waals surface area contributed by atoms with E-state index in [1.165, 1.54) is 29.2 Å². The van der Waals surface area contributed by atoms with Crippen LogP contribution < -0.4 is 0 Å². The maximum Gasteiger partial charge on any atom is 0.177 e. The first-order chi connectivity index (χ1) is 8.36. The Morgan fingerprint density at radius 2 is 2.12 bits per heavy atom. The van der Waals surface area contributed by atoms with Gasteiger partial charge in [-0.3, -0.25) is 0 Å². The first kappa shape index (κ1) is 11.1. The van der Waals surface area contributed by atoms with Crippen molar-refractivity contribution >= 4 is 24.0 Å². The zero-order valence-electron chi connectivity index (χ0n) is 9.43. The van der Waals surface area contributed by atoms with Crippen molar-refractivity contribution in [3.63, 3.8) is 0 Å². The number of imidazole rings is 1. The lowest BCUT2D eigenvalue weighted by atomic mass is 10.1. The number of H-pyrrole nitrogens is 1. The molecule has 3 rings (SSSR count). The predicted molar refractivity (Wildman–Crippen MR) is 76.0 cm³/mol. The van der Waals surface area contributed by atoms with E-state index in [2.05, 4.69) is 33.8 Å². The van der Waals surface area contributed by atoms with Crippen LogP contribution in [0, 0.1) is 4.77 Å². The average molecular weight is 262 g/mol. The lowest BCUT2D eigenvalue weighted by Gasteiger charge is -2.14. The fraction of sp³-hybridized carbons (Fsp3) is 0.308. The Hall–Kier alpha value is -1.000. The van der Waals surface area contributed by atoms with E-state index in [1.807, 2.05) is 24.0 Å². The maximum atomic E-state index is 5.41. The van der Waals surface area contributed by atoms with E-state index in [-0.39, 0.29) is 0 Å². The number of aromatic amines is 1. The van der Waals surface area contributed by atoms with Crippen LogP contribution in [-0.2, 0) is 0 Å². The van der Waals surface area contributed by atoms with Gasteiger partial charge in [0.1, 0.15) is 0 Å². The van der Waals surface area contributed by atoms with Crippen molar-refractivity contribution in [2.75, 3.05) is 11.5 Å². The van der Waals surface area contributed by atoms with Crippen LogP contribution in [-0.4, -0.2) is 21.1 Å². The normalized spacial score (nSPS) is 19.6. The molecule has 2 nitrogen and oxygen atoms in total. The standard InChI is InChI=1S/C13H14N2S2/c16-13-14-8-12(10-4-2-1-3-5-10)15(13)11-6-7-17-9-11/h1-5,8,11H,6-7,9H2,(H,14,16). The number of nitrogens with zero attached hydrogens (tertiary/aromatic N) is 1. The second-order valence-electron chi connectivity index (χ2n) is 4.23. The van der Waals surface area contributed by atoms with Gasteiger partial charge in [-0.1, -0.05) is 30.3 Å². The first-order valence-electron chi connectivity index (χ1n) is 5.79. The Morgan fingerprint density at radius 3 is 2.82 bits per heavy atom. The molecule has 0 radical (unpaired) electrons. The predicted octanol–water partition coefficient (Wildman–Crippen LogP) is 3.89. The number of rotatable bonds is 2. The largest absolute Gasteiger partial charge is 0.337 e. The van der Waals surface area contributed by atoms with Crippen molar-refractivity contribution < 1.29 is 0 Å². The van der Waals surface area contributed by atoms with Crippen LogP contribution >= 0.6 is 24.0 Å². The first-order valence-corrected chi connectivity index (χ1v) is 7.35. The molecule has 0 saturated carbocycles. The van der Waals surface area contributed by atoms with E-state index in [1.54, 1.807) is 0 Å². The molecule has 1 unspecified atom stereocenters. The number of hydrogen-bond donors (Lipinski definition) is 1. The van der Waals surface area contributed by atoms with Crippen molar-refractivity contribution in [1.82, 2.24) is 9.55 Å². The SMILES string of the molecule is S=c1[nH]cc(-c2ccccc2)n1C1CCSC1. The van der Waals surface area contributed by atoms with Gasteiger partial charge in [0.25, 0.3) is 0 Å². The molecule has 0 spiro atoms.